The minimum atomic E-state index is 0.652. The molecule has 21 heavy (non-hydrogen) atoms. The molecule has 5 nitrogen and oxygen atoms in total. The van der Waals surface area contributed by atoms with Crippen LogP contribution >= 0.6 is 0 Å². The van der Waals surface area contributed by atoms with E-state index in [9.17, 15) is 0 Å². The lowest BCUT2D eigenvalue weighted by atomic mass is 10.0. The van der Waals surface area contributed by atoms with Crippen LogP contribution in [0.15, 0.2) is 18.2 Å². The monoisotopic (exact) mass is 287 g/mol. The normalized spacial score (nSPS) is 17.4. The molecule has 0 amide bonds. The van der Waals surface area contributed by atoms with E-state index in [0.717, 1.165) is 36.5 Å². The summed E-state index contributed by atoms with van der Waals surface area (Å²) in [7, 11) is 3.26. The molecule has 1 aliphatic rings. The number of nitrogen functional groups attached to an aromatic ring is 1. The van der Waals surface area contributed by atoms with Gasteiger partial charge in [-0.25, -0.2) is 4.98 Å². The highest BCUT2D eigenvalue weighted by atomic mass is 16.5. The fourth-order valence-electron chi connectivity index (χ4n) is 2.95. The van der Waals surface area contributed by atoms with Crippen LogP contribution in [0.4, 0.5) is 5.82 Å². The fourth-order valence-corrected chi connectivity index (χ4v) is 2.95. The molecule has 1 aromatic carbocycles. The molecule has 1 unspecified atom stereocenters. The van der Waals surface area contributed by atoms with Crippen LogP contribution in [0.5, 0.6) is 11.5 Å². The highest BCUT2D eigenvalue weighted by Gasteiger charge is 2.24. The summed E-state index contributed by atoms with van der Waals surface area (Å²) in [5.41, 5.74) is 7.99. The predicted molar refractivity (Wildman–Crippen MR) is 82.7 cm³/mol. The zero-order valence-electron chi connectivity index (χ0n) is 12.7. The van der Waals surface area contributed by atoms with Crippen LogP contribution < -0.4 is 15.2 Å². The molecule has 2 aromatic rings. The Morgan fingerprint density at radius 2 is 2.10 bits per heavy atom. The van der Waals surface area contributed by atoms with Crippen LogP contribution in [-0.4, -0.2) is 23.8 Å². The summed E-state index contributed by atoms with van der Waals surface area (Å²) in [5, 5.41) is 0. The van der Waals surface area contributed by atoms with Gasteiger partial charge in [-0.2, -0.15) is 0 Å². The number of ether oxygens (including phenoxy) is 2. The van der Waals surface area contributed by atoms with E-state index in [4.69, 9.17) is 20.2 Å². The Hall–Kier alpha value is -2.17. The number of fused-ring (bicyclic) bond motifs is 1. The number of nitrogens with zero attached hydrogens (tertiary/aromatic N) is 2. The van der Waals surface area contributed by atoms with Crippen LogP contribution in [0.2, 0.25) is 0 Å². The molecule has 0 saturated heterocycles. The molecule has 112 valence electrons. The molecule has 0 saturated carbocycles. The average molecular weight is 287 g/mol. The van der Waals surface area contributed by atoms with Gasteiger partial charge in [-0.15, -0.1) is 0 Å². The van der Waals surface area contributed by atoms with Crippen molar-refractivity contribution in [1.29, 1.82) is 0 Å². The zero-order chi connectivity index (χ0) is 15.0. The molecule has 5 heteroatoms. The Kier molecular flexibility index (Phi) is 3.49. The molecule has 0 fully saturated rings. The number of imidazole rings is 1. The Bertz CT molecular complexity index is 664. The predicted octanol–water partition coefficient (Wildman–Crippen LogP) is 2.73. The van der Waals surface area contributed by atoms with Crippen molar-refractivity contribution >= 4 is 5.82 Å². The number of hydrogen-bond acceptors (Lipinski definition) is 4. The maximum absolute atomic E-state index is 6.32. The van der Waals surface area contributed by atoms with Gasteiger partial charge < -0.3 is 19.8 Å². The number of methoxy groups -OCH3 is 2. The topological polar surface area (TPSA) is 62.3 Å². The number of rotatable bonds is 3. The van der Waals surface area contributed by atoms with Crippen molar-refractivity contribution in [2.75, 3.05) is 20.0 Å². The average Bonchev–Trinajstić information content (AvgIpc) is 2.82. The second kappa shape index (κ2) is 5.31. The SMILES string of the molecule is COc1cccc(-c2nc3n(c2N)CCC(C)C3)c1OC. The van der Waals surface area contributed by atoms with Crippen LogP contribution in [0.25, 0.3) is 11.3 Å². The van der Waals surface area contributed by atoms with Gasteiger partial charge in [-0.05, 0) is 24.5 Å². The lowest BCUT2D eigenvalue weighted by Crippen LogP contribution is -2.18. The quantitative estimate of drug-likeness (QED) is 0.943. The van der Waals surface area contributed by atoms with Crippen LogP contribution in [0, 0.1) is 5.92 Å². The number of nitrogens with two attached hydrogens (primary N) is 1. The molecular weight excluding hydrogens is 266 g/mol. The molecule has 0 spiro atoms. The molecule has 2 N–H and O–H groups in total. The lowest BCUT2D eigenvalue weighted by molar-refractivity contribution is 0.356. The number of benzene rings is 1. The van der Waals surface area contributed by atoms with Gasteiger partial charge >= 0.3 is 0 Å². The standard InChI is InChI=1S/C16H21N3O2/c1-10-7-8-19-13(9-10)18-14(16(19)17)11-5-4-6-12(20-2)15(11)21-3/h4-6,10H,7-9,17H2,1-3H3. The largest absolute Gasteiger partial charge is 0.493 e. The second-order valence-corrected chi connectivity index (χ2v) is 5.55. The van der Waals surface area contributed by atoms with E-state index in [1.54, 1.807) is 14.2 Å². The highest BCUT2D eigenvalue weighted by molar-refractivity contribution is 5.78. The van der Waals surface area contributed by atoms with Crippen molar-refractivity contribution in [2.45, 2.75) is 26.3 Å². The molecule has 0 radical (unpaired) electrons. The van der Waals surface area contributed by atoms with Gasteiger partial charge in [0.1, 0.15) is 17.3 Å². The lowest BCUT2D eigenvalue weighted by Gasteiger charge is -2.20. The van der Waals surface area contributed by atoms with Gasteiger partial charge in [0.25, 0.3) is 0 Å². The van der Waals surface area contributed by atoms with E-state index in [1.807, 2.05) is 18.2 Å². The molecule has 1 atom stereocenters. The van der Waals surface area contributed by atoms with Crippen molar-refractivity contribution in [3.8, 4) is 22.8 Å². The van der Waals surface area contributed by atoms with Gasteiger partial charge in [0.15, 0.2) is 11.5 Å². The Morgan fingerprint density at radius 3 is 2.81 bits per heavy atom. The summed E-state index contributed by atoms with van der Waals surface area (Å²) in [6, 6.07) is 5.77. The third-order valence-corrected chi connectivity index (χ3v) is 4.12. The van der Waals surface area contributed by atoms with Crippen LogP contribution in [0.1, 0.15) is 19.2 Å². The molecule has 0 aliphatic carbocycles. The first-order valence-corrected chi connectivity index (χ1v) is 7.22. The molecule has 1 aliphatic heterocycles. The van der Waals surface area contributed by atoms with Crippen molar-refractivity contribution in [2.24, 2.45) is 5.92 Å². The number of para-hydroxylation sites is 1. The number of anilines is 1. The Balaban J connectivity index is 2.14. The summed E-state index contributed by atoms with van der Waals surface area (Å²) in [5.74, 6) is 3.79. The van der Waals surface area contributed by atoms with E-state index < -0.39 is 0 Å². The van der Waals surface area contributed by atoms with E-state index in [-0.39, 0.29) is 0 Å². The van der Waals surface area contributed by atoms with Gasteiger partial charge in [0.05, 0.1) is 14.2 Å². The van der Waals surface area contributed by atoms with E-state index in [0.29, 0.717) is 23.2 Å². The highest BCUT2D eigenvalue weighted by Crippen LogP contribution is 2.40. The van der Waals surface area contributed by atoms with E-state index >= 15 is 0 Å². The second-order valence-electron chi connectivity index (χ2n) is 5.55. The summed E-state index contributed by atoms with van der Waals surface area (Å²) >= 11 is 0. The van der Waals surface area contributed by atoms with Crippen molar-refractivity contribution in [3.05, 3.63) is 24.0 Å². The summed E-state index contributed by atoms with van der Waals surface area (Å²) in [4.78, 5) is 4.76. The van der Waals surface area contributed by atoms with Gasteiger partial charge in [-0.1, -0.05) is 13.0 Å². The molecule has 0 bridgehead atoms. The first-order chi connectivity index (χ1) is 10.2. The van der Waals surface area contributed by atoms with Crippen molar-refractivity contribution < 1.29 is 9.47 Å². The molecule has 1 aromatic heterocycles. The summed E-state index contributed by atoms with van der Waals surface area (Å²) in [6.07, 6.45) is 2.11. The first kappa shape index (κ1) is 13.8. The van der Waals surface area contributed by atoms with Gasteiger partial charge in [0.2, 0.25) is 0 Å². The summed E-state index contributed by atoms with van der Waals surface area (Å²) < 4.78 is 13.0. The third-order valence-electron chi connectivity index (χ3n) is 4.12. The number of aromatic nitrogens is 2. The Morgan fingerprint density at radius 1 is 1.29 bits per heavy atom. The molecular formula is C16H21N3O2. The van der Waals surface area contributed by atoms with E-state index in [1.165, 1.54) is 0 Å². The van der Waals surface area contributed by atoms with Gasteiger partial charge in [-0.3, -0.25) is 0 Å². The maximum atomic E-state index is 6.32. The molecule has 2 heterocycles. The minimum Gasteiger partial charge on any atom is -0.493 e. The third kappa shape index (κ3) is 2.22. The minimum absolute atomic E-state index is 0.652. The Labute approximate surface area is 124 Å². The van der Waals surface area contributed by atoms with E-state index in [2.05, 4.69) is 11.5 Å². The van der Waals surface area contributed by atoms with Gasteiger partial charge in [0, 0.05) is 18.5 Å². The van der Waals surface area contributed by atoms with Crippen LogP contribution in [0.3, 0.4) is 0 Å². The maximum Gasteiger partial charge on any atom is 0.170 e. The van der Waals surface area contributed by atoms with Crippen molar-refractivity contribution in [1.82, 2.24) is 9.55 Å². The number of hydrogen-bond donors (Lipinski definition) is 1. The fraction of sp³-hybridized carbons (Fsp3) is 0.438. The summed E-state index contributed by atoms with van der Waals surface area (Å²) in [6.45, 7) is 3.18. The van der Waals surface area contributed by atoms with Crippen molar-refractivity contribution in [3.63, 3.8) is 0 Å². The zero-order valence-corrected chi connectivity index (χ0v) is 12.7. The smallest absolute Gasteiger partial charge is 0.170 e. The van der Waals surface area contributed by atoms with Crippen LogP contribution in [-0.2, 0) is 13.0 Å². The molecule has 3 rings (SSSR count). The first-order valence-electron chi connectivity index (χ1n) is 7.22.